The topological polar surface area (TPSA) is 83.8 Å². The molecule has 0 rings (SSSR count). The molecule has 2 N–H and O–H groups in total. The Morgan fingerprint density at radius 2 is 1.87 bits per heavy atom. The molecule has 88 valence electrons. The zero-order valence-electron chi connectivity index (χ0n) is 9.48. The van der Waals surface area contributed by atoms with Gasteiger partial charge in [0.2, 0.25) is 0 Å². The van der Waals surface area contributed by atoms with Crippen molar-refractivity contribution in [2.45, 2.75) is 39.4 Å². The number of Topliss-reactive ketones (excluding diaryl/α,β-unsaturated/α-hetero) is 1. The Labute approximate surface area is 89.0 Å². The molecule has 5 nitrogen and oxygen atoms in total. The predicted molar refractivity (Wildman–Crippen MR) is 53.1 cm³/mol. The third-order valence-corrected chi connectivity index (χ3v) is 2.37. The molecule has 3 atom stereocenters. The summed E-state index contributed by atoms with van der Waals surface area (Å²) in [6.07, 6.45) is -1.21. The number of hydrogen-bond donors (Lipinski definition) is 2. The van der Waals surface area contributed by atoms with Gasteiger partial charge in [-0.2, -0.15) is 0 Å². The largest absolute Gasteiger partial charge is 0.464 e. The number of hydrogen-bond acceptors (Lipinski definition) is 5. The minimum Gasteiger partial charge on any atom is -0.464 e. The minimum absolute atomic E-state index is 0.130. The van der Waals surface area contributed by atoms with Crippen molar-refractivity contribution >= 4 is 11.8 Å². The van der Waals surface area contributed by atoms with Gasteiger partial charge < -0.3 is 14.9 Å². The number of ether oxygens (including phenoxy) is 1. The fraction of sp³-hybridized carbons (Fsp3) is 0.800. The van der Waals surface area contributed by atoms with E-state index in [1.54, 1.807) is 6.92 Å². The summed E-state index contributed by atoms with van der Waals surface area (Å²) in [4.78, 5) is 22.7. The van der Waals surface area contributed by atoms with E-state index in [9.17, 15) is 14.7 Å². The van der Waals surface area contributed by atoms with Gasteiger partial charge in [0, 0.05) is 0 Å². The van der Waals surface area contributed by atoms with E-state index in [0.29, 0.717) is 0 Å². The Hall–Kier alpha value is -0.940. The minimum atomic E-state index is -1.90. The summed E-state index contributed by atoms with van der Waals surface area (Å²) in [6.45, 7) is 5.61. The van der Waals surface area contributed by atoms with E-state index in [1.165, 1.54) is 20.8 Å². The molecule has 15 heavy (non-hydrogen) atoms. The summed E-state index contributed by atoms with van der Waals surface area (Å²) >= 11 is 0. The number of carbonyl (C=O) groups is 2. The highest BCUT2D eigenvalue weighted by Gasteiger charge is 2.42. The van der Waals surface area contributed by atoms with Gasteiger partial charge in [0.25, 0.3) is 0 Å². The molecule has 0 saturated carbocycles. The summed E-state index contributed by atoms with van der Waals surface area (Å²) < 4.78 is 4.63. The normalized spacial score (nSPS) is 18.8. The van der Waals surface area contributed by atoms with E-state index in [1.807, 2.05) is 0 Å². The average molecular weight is 218 g/mol. The highest BCUT2D eigenvalue weighted by molar-refractivity contribution is 5.92. The first kappa shape index (κ1) is 14.1. The van der Waals surface area contributed by atoms with Gasteiger partial charge in [-0.25, -0.2) is 4.79 Å². The fourth-order valence-corrected chi connectivity index (χ4v) is 1.09. The van der Waals surface area contributed by atoms with Crippen molar-refractivity contribution in [1.29, 1.82) is 0 Å². The lowest BCUT2D eigenvalue weighted by molar-refractivity contribution is -0.172. The smallest absolute Gasteiger partial charge is 0.338 e. The van der Waals surface area contributed by atoms with Gasteiger partial charge >= 0.3 is 5.97 Å². The number of carbonyl (C=O) groups excluding carboxylic acids is 2. The highest BCUT2D eigenvalue weighted by Crippen LogP contribution is 2.20. The third kappa shape index (κ3) is 3.28. The van der Waals surface area contributed by atoms with E-state index in [2.05, 4.69) is 4.74 Å². The number of rotatable bonds is 5. The molecule has 5 heteroatoms. The van der Waals surface area contributed by atoms with Crippen molar-refractivity contribution < 1.29 is 24.5 Å². The van der Waals surface area contributed by atoms with E-state index in [4.69, 9.17) is 5.11 Å². The second-order valence-corrected chi connectivity index (χ2v) is 3.67. The van der Waals surface area contributed by atoms with Gasteiger partial charge in [0.05, 0.1) is 12.5 Å². The standard InChI is InChI=1S/C10H18O5/c1-5-15-9(13)10(4,14)6(2)8(12)7(3)11/h6-7,11,14H,5H2,1-4H3/t6-,7-,10+/m0/s1. The van der Waals surface area contributed by atoms with Crippen LogP contribution in [0.1, 0.15) is 27.7 Å². The predicted octanol–water partition coefficient (Wildman–Crippen LogP) is -0.114. The fourth-order valence-electron chi connectivity index (χ4n) is 1.09. The van der Waals surface area contributed by atoms with Crippen LogP contribution in [-0.4, -0.2) is 40.3 Å². The number of aliphatic hydroxyl groups is 2. The summed E-state index contributed by atoms with van der Waals surface area (Å²) in [5.41, 5.74) is -1.90. The number of aliphatic hydroxyl groups excluding tert-OH is 1. The maximum absolute atomic E-state index is 11.4. The summed E-state index contributed by atoms with van der Waals surface area (Å²) in [5.74, 6) is -2.45. The molecule has 0 heterocycles. The summed E-state index contributed by atoms with van der Waals surface area (Å²) in [5, 5.41) is 18.8. The Bertz CT molecular complexity index is 244. The highest BCUT2D eigenvalue weighted by atomic mass is 16.5. The molecule has 0 bridgehead atoms. The second kappa shape index (κ2) is 5.23. The van der Waals surface area contributed by atoms with Gasteiger partial charge in [-0.15, -0.1) is 0 Å². The molecular weight excluding hydrogens is 200 g/mol. The maximum Gasteiger partial charge on any atom is 0.338 e. The molecule has 0 aliphatic rings. The second-order valence-electron chi connectivity index (χ2n) is 3.67. The van der Waals surface area contributed by atoms with Crippen LogP contribution in [0.3, 0.4) is 0 Å². The lowest BCUT2D eigenvalue weighted by atomic mass is 9.85. The SMILES string of the molecule is CCOC(=O)[C@](C)(O)[C@@H](C)C(=O)[C@H](C)O. The summed E-state index contributed by atoms with van der Waals surface area (Å²) in [6, 6.07) is 0. The molecule has 0 radical (unpaired) electrons. The Morgan fingerprint density at radius 1 is 1.40 bits per heavy atom. The molecule has 0 aromatic carbocycles. The first-order chi connectivity index (χ1) is 6.75. The molecule has 0 aromatic heterocycles. The average Bonchev–Trinajstić information content (AvgIpc) is 2.15. The van der Waals surface area contributed by atoms with Crippen LogP contribution in [0.15, 0.2) is 0 Å². The van der Waals surface area contributed by atoms with Gasteiger partial charge in [0.1, 0.15) is 6.10 Å². The van der Waals surface area contributed by atoms with Gasteiger partial charge in [0.15, 0.2) is 11.4 Å². The van der Waals surface area contributed by atoms with Gasteiger partial charge in [-0.1, -0.05) is 6.92 Å². The molecular formula is C10H18O5. The van der Waals surface area contributed by atoms with Crippen molar-refractivity contribution in [3.8, 4) is 0 Å². The van der Waals surface area contributed by atoms with Crippen molar-refractivity contribution in [2.24, 2.45) is 5.92 Å². The van der Waals surface area contributed by atoms with E-state index in [0.717, 1.165) is 0 Å². The maximum atomic E-state index is 11.4. The summed E-state index contributed by atoms with van der Waals surface area (Å²) in [7, 11) is 0. The molecule has 0 aromatic rings. The first-order valence-electron chi connectivity index (χ1n) is 4.86. The van der Waals surface area contributed by atoms with Crippen LogP contribution >= 0.6 is 0 Å². The van der Waals surface area contributed by atoms with Crippen molar-refractivity contribution in [3.63, 3.8) is 0 Å². The quantitative estimate of drug-likeness (QED) is 0.629. The monoisotopic (exact) mass is 218 g/mol. The van der Waals surface area contributed by atoms with Crippen LogP contribution in [0.5, 0.6) is 0 Å². The number of ketones is 1. The van der Waals surface area contributed by atoms with Crippen LogP contribution in [0.2, 0.25) is 0 Å². The van der Waals surface area contributed by atoms with Gasteiger partial charge in [-0.05, 0) is 20.8 Å². The number of esters is 1. The lowest BCUT2D eigenvalue weighted by Crippen LogP contribution is -2.48. The Morgan fingerprint density at radius 3 is 2.20 bits per heavy atom. The van der Waals surface area contributed by atoms with Gasteiger partial charge in [-0.3, -0.25) is 4.79 Å². The van der Waals surface area contributed by atoms with Crippen LogP contribution in [0, 0.1) is 5.92 Å². The molecule has 0 fully saturated rings. The van der Waals surface area contributed by atoms with E-state index in [-0.39, 0.29) is 6.61 Å². The van der Waals surface area contributed by atoms with Crippen LogP contribution in [0.4, 0.5) is 0 Å². The molecule has 0 amide bonds. The van der Waals surface area contributed by atoms with Crippen molar-refractivity contribution in [1.82, 2.24) is 0 Å². The zero-order chi connectivity index (χ0) is 12.2. The first-order valence-corrected chi connectivity index (χ1v) is 4.86. The molecule has 0 spiro atoms. The van der Waals surface area contributed by atoms with Crippen LogP contribution < -0.4 is 0 Å². The van der Waals surface area contributed by atoms with Crippen LogP contribution in [0.25, 0.3) is 0 Å². The van der Waals surface area contributed by atoms with Crippen LogP contribution in [-0.2, 0) is 14.3 Å². The Balaban J connectivity index is 4.71. The molecule has 0 saturated heterocycles. The lowest BCUT2D eigenvalue weighted by Gasteiger charge is -2.27. The third-order valence-electron chi connectivity index (χ3n) is 2.37. The van der Waals surface area contributed by atoms with E-state index < -0.39 is 29.4 Å². The molecule has 0 unspecified atom stereocenters. The molecule has 0 aliphatic heterocycles. The van der Waals surface area contributed by atoms with E-state index >= 15 is 0 Å². The molecule has 0 aliphatic carbocycles. The Kier molecular flexibility index (Phi) is 4.90. The van der Waals surface area contributed by atoms with Crippen molar-refractivity contribution in [3.05, 3.63) is 0 Å². The zero-order valence-corrected chi connectivity index (χ0v) is 9.48. The van der Waals surface area contributed by atoms with Crippen molar-refractivity contribution in [2.75, 3.05) is 6.61 Å².